The highest BCUT2D eigenvalue weighted by atomic mass is 19.1. The van der Waals surface area contributed by atoms with Crippen LogP contribution in [-0.4, -0.2) is 60.1 Å². The molecule has 1 aromatic carbocycles. The van der Waals surface area contributed by atoms with Gasteiger partial charge < -0.3 is 19.9 Å². The van der Waals surface area contributed by atoms with Crippen LogP contribution in [0.4, 0.5) is 20.6 Å². The van der Waals surface area contributed by atoms with Gasteiger partial charge >= 0.3 is 6.03 Å². The van der Waals surface area contributed by atoms with Crippen LogP contribution in [0.15, 0.2) is 30.5 Å². The standard InChI is InChI=1S/C20H26FN5O2/c1-24-19(2-5-22-24)15-3-6-26(7-4-15)20(27)23-17-12-16(21)13-18(14-17)25-8-10-28-11-9-25/h2,5,12-15H,3-4,6-11H2,1H3,(H,23,27). The van der Waals surface area contributed by atoms with E-state index in [1.165, 1.54) is 17.8 Å². The highest BCUT2D eigenvalue weighted by Gasteiger charge is 2.25. The Labute approximate surface area is 164 Å². The lowest BCUT2D eigenvalue weighted by Crippen LogP contribution is -2.41. The van der Waals surface area contributed by atoms with Crippen molar-refractivity contribution in [1.82, 2.24) is 14.7 Å². The minimum absolute atomic E-state index is 0.179. The normalized spacial score (nSPS) is 18.4. The summed E-state index contributed by atoms with van der Waals surface area (Å²) in [7, 11) is 1.95. The summed E-state index contributed by atoms with van der Waals surface area (Å²) in [4.78, 5) is 16.5. The third kappa shape index (κ3) is 4.11. The average molecular weight is 387 g/mol. The van der Waals surface area contributed by atoms with E-state index in [-0.39, 0.29) is 11.8 Å². The van der Waals surface area contributed by atoms with E-state index in [1.54, 1.807) is 4.90 Å². The maximum absolute atomic E-state index is 14.1. The number of ether oxygens (including phenoxy) is 1. The van der Waals surface area contributed by atoms with Crippen LogP contribution in [0.25, 0.3) is 0 Å². The van der Waals surface area contributed by atoms with Gasteiger partial charge in [0.15, 0.2) is 0 Å². The Bertz CT molecular complexity index is 826. The van der Waals surface area contributed by atoms with E-state index in [2.05, 4.69) is 15.3 Å². The predicted octanol–water partition coefficient (Wildman–Crippen LogP) is 2.81. The number of benzene rings is 1. The van der Waals surface area contributed by atoms with Crippen molar-refractivity contribution in [1.29, 1.82) is 0 Å². The number of amides is 2. The number of rotatable bonds is 3. The summed E-state index contributed by atoms with van der Waals surface area (Å²) in [5.41, 5.74) is 2.47. The van der Waals surface area contributed by atoms with E-state index in [9.17, 15) is 9.18 Å². The number of carbonyl (C=O) groups excluding carboxylic acids is 1. The Balaban J connectivity index is 1.37. The molecule has 0 unspecified atom stereocenters. The molecule has 3 heterocycles. The molecule has 2 aliphatic rings. The first-order chi connectivity index (χ1) is 13.6. The van der Waals surface area contributed by atoms with Gasteiger partial charge in [-0.15, -0.1) is 0 Å². The molecule has 0 bridgehead atoms. The molecule has 7 nitrogen and oxygen atoms in total. The lowest BCUT2D eigenvalue weighted by atomic mass is 9.93. The maximum Gasteiger partial charge on any atom is 0.321 e. The number of aromatic nitrogens is 2. The summed E-state index contributed by atoms with van der Waals surface area (Å²) >= 11 is 0. The lowest BCUT2D eigenvalue weighted by Gasteiger charge is -2.32. The Morgan fingerprint density at radius 3 is 2.61 bits per heavy atom. The van der Waals surface area contributed by atoms with Crippen molar-refractivity contribution in [3.8, 4) is 0 Å². The topological polar surface area (TPSA) is 62.6 Å². The number of urea groups is 1. The summed E-state index contributed by atoms with van der Waals surface area (Å²) in [5.74, 6) is 0.0628. The van der Waals surface area contributed by atoms with E-state index in [1.807, 2.05) is 30.1 Å². The maximum atomic E-state index is 14.1. The van der Waals surface area contributed by atoms with Crippen molar-refractivity contribution >= 4 is 17.4 Å². The Morgan fingerprint density at radius 1 is 1.18 bits per heavy atom. The Morgan fingerprint density at radius 2 is 1.93 bits per heavy atom. The van der Waals surface area contributed by atoms with E-state index >= 15 is 0 Å². The third-order valence-electron chi connectivity index (χ3n) is 5.57. The van der Waals surface area contributed by atoms with Gasteiger partial charge in [0, 0.05) is 62.4 Å². The second-order valence-electron chi connectivity index (χ2n) is 7.37. The number of hydrogen-bond acceptors (Lipinski definition) is 4. The van der Waals surface area contributed by atoms with Crippen LogP contribution in [0.2, 0.25) is 0 Å². The minimum atomic E-state index is -0.353. The van der Waals surface area contributed by atoms with Gasteiger partial charge in [-0.1, -0.05) is 0 Å². The second-order valence-corrected chi connectivity index (χ2v) is 7.37. The quantitative estimate of drug-likeness (QED) is 0.880. The summed E-state index contributed by atoms with van der Waals surface area (Å²) in [6.07, 6.45) is 3.61. The summed E-state index contributed by atoms with van der Waals surface area (Å²) in [6.45, 7) is 4.05. The molecule has 2 amide bonds. The molecule has 28 heavy (non-hydrogen) atoms. The van der Waals surface area contributed by atoms with E-state index in [0.717, 1.165) is 31.6 Å². The van der Waals surface area contributed by atoms with Crippen molar-refractivity contribution in [2.45, 2.75) is 18.8 Å². The zero-order valence-electron chi connectivity index (χ0n) is 16.1. The van der Waals surface area contributed by atoms with Gasteiger partial charge in [-0.2, -0.15) is 5.10 Å². The molecule has 150 valence electrons. The van der Waals surface area contributed by atoms with E-state index in [4.69, 9.17) is 4.74 Å². The van der Waals surface area contributed by atoms with Crippen LogP contribution in [0, 0.1) is 5.82 Å². The number of halogens is 1. The summed E-state index contributed by atoms with van der Waals surface area (Å²) in [6, 6.07) is 6.56. The van der Waals surface area contributed by atoms with Crippen LogP contribution in [0.5, 0.6) is 0 Å². The molecule has 1 N–H and O–H groups in total. The smallest absolute Gasteiger partial charge is 0.321 e. The predicted molar refractivity (Wildman–Crippen MR) is 105 cm³/mol. The number of carbonyl (C=O) groups is 1. The first-order valence-electron chi connectivity index (χ1n) is 9.77. The Hall–Kier alpha value is -2.61. The minimum Gasteiger partial charge on any atom is -0.378 e. The lowest BCUT2D eigenvalue weighted by molar-refractivity contribution is 0.122. The molecule has 0 saturated carbocycles. The molecule has 0 spiro atoms. The fraction of sp³-hybridized carbons (Fsp3) is 0.500. The molecule has 2 aliphatic heterocycles. The molecule has 2 aromatic rings. The number of morpholine rings is 1. The first kappa shape index (κ1) is 18.7. The average Bonchev–Trinajstić information content (AvgIpc) is 3.14. The number of piperidine rings is 1. The van der Waals surface area contributed by atoms with Gasteiger partial charge in [0.1, 0.15) is 5.82 Å². The van der Waals surface area contributed by atoms with Gasteiger partial charge in [0.25, 0.3) is 0 Å². The van der Waals surface area contributed by atoms with Gasteiger partial charge in [0.2, 0.25) is 0 Å². The zero-order chi connectivity index (χ0) is 19.5. The monoisotopic (exact) mass is 387 g/mol. The van der Waals surface area contributed by atoms with Crippen LogP contribution >= 0.6 is 0 Å². The molecule has 4 rings (SSSR count). The molecule has 1 aromatic heterocycles. The SMILES string of the molecule is Cn1nccc1C1CCN(C(=O)Nc2cc(F)cc(N3CCOCC3)c2)CC1. The summed E-state index contributed by atoms with van der Waals surface area (Å²) in [5, 5.41) is 7.10. The molecule has 0 aliphatic carbocycles. The number of nitrogens with zero attached hydrogens (tertiary/aromatic N) is 4. The molecular weight excluding hydrogens is 361 g/mol. The highest BCUT2D eigenvalue weighted by molar-refractivity contribution is 5.90. The van der Waals surface area contributed by atoms with Crippen LogP contribution < -0.4 is 10.2 Å². The molecule has 0 atom stereocenters. The van der Waals surface area contributed by atoms with Crippen LogP contribution in [0.1, 0.15) is 24.5 Å². The molecule has 0 radical (unpaired) electrons. The number of likely N-dealkylation sites (tertiary alicyclic amines) is 1. The Kier molecular flexibility index (Phi) is 5.47. The van der Waals surface area contributed by atoms with Gasteiger partial charge in [-0.3, -0.25) is 4.68 Å². The molecule has 2 fully saturated rings. The largest absolute Gasteiger partial charge is 0.378 e. The van der Waals surface area contributed by atoms with Gasteiger partial charge in [0.05, 0.1) is 13.2 Å². The molecule has 8 heteroatoms. The van der Waals surface area contributed by atoms with Crippen molar-refractivity contribution < 1.29 is 13.9 Å². The van der Waals surface area contributed by atoms with E-state index in [0.29, 0.717) is 37.9 Å². The van der Waals surface area contributed by atoms with Crippen LogP contribution in [-0.2, 0) is 11.8 Å². The van der Waals surface area contributed by atoms with Gasteiger partial charge in [-0.05, 0) is 37.1 Å². The number of aryl methyl sites for hydroxylation is 1. The third-order valence-corrected chi connectivity index (χ3v) is 5.57. The number of nitrogens with one attached hydrogen (secondary N) is 1. The highest BCUT2D eigenvalue weighted by Crippen LogP contribution is 2.28. The van der Waals surface area contributed by atoms with E-state index < -0.39 is 0 Å². The van der Waals surface area contributed by atoms with Crippen molar-refractivity contribution in [2.24, 2.45) is 7.05 Å². The van der Waals surface area contributed by atoms with Gasteiger partial charge in [-0.25, -0.2) is 9.18 Å². The van der Waals surface area contributed by atoms with Crippen molar-refractivity contribution in [2.75, 3.05) is 49.6 Å². The summed E-state index contributed by atoms with van der Waals surface area (Å²) < 4.78 is 21.3. The molecule has 2 saturated heterocycles. The molecular formula is C20H26FN5O2. The zero-order valence-corrected chi connectivity index (χ0v) is 16.1. The van der Waals surface area contributed by atoms with Crippen LogP contribution in [0.3, 0.4) is 0 Å². The second kappa shape index (κ2) is 8.18. The number of anilines is 2. The first-order valence-corrected chi connectivity index (χ1v) is 9.77. The van der Waals surface area contributed by atoms with Crippen molar-refractivity contribution in [3.63, 3.8) is 0 Å². The fourth-order valence-electron chi connectivity index (χ4n) is 4.02. The van der Waals surface area contributed by atoms with Crippen molar-refractivity contribution in [3.05, 3.63) is 42.0 Å². The fourth-order valence-corrected chi connectivity index (χ4v) is 4.02. The number of hydrogen-bond donors (Lipinski definition) is 1.